The zero-order valence-corrected chi connectivity index (χ0v) is 10.2. The number of carbonyl (C=O) groups is 1. The van der Waals surface area contributed by atoms with Crippen LogP contribution in [0.15, 0.2) is 30.3 Å². The number of hydrogen-bond donors (Lipinski definition) is 2. The topological polar surface area (TPSA) is 91.2 Å². The van der Waals surface area contributed by atoms with Gasteiger partial charge in [0.1, 0.15) is 11.6 Å². The van der Waals surface area contributed by atoms with E-state index in [1.54, 1.807) is 12.1 Å². The Labute approximate surface area is 109 Å². The summed E-state index contributed by atoms with van der Waals surface area (Å²) in [6.07, 6.45) is 0. The van der Waals surface area contributed by atoms with Crippen LogP contribution in [0, 0.1) is 5.82 Å². The van der Waals surface area contributed by atoms with E-state index < -0.39 is 11.8 Å². The number of rotatable bonds is 2. The lowest BCUT2D eigenvalue weighted by Gasteiger charge is -2.07. The molecule has 0 saturated carbocycles. The molecule has 2 rings (SSSR count). The van der Waals surface area contributed by atoms with Gasteiger partial charge in [0, 0.05) is 5.56 Å². The number of nitrogens with zero attached hydrogens (tertiary/aromatic N) is 1. The standard InChI is InChI=1S/C13H12FN3O2/c1-19-13(18)8-6-7(2-3-9(8)14)11-5-4-10(15)12(16)17-11/h2-6H,15H2,1H3,(H2,16,17). The van der Waals surface area contributed by atoms with E-state index in [-0.39, 0.29) is 11.4 Å². The summed E-state index contributed by atoms with van der Waals surface area (Å²) in [6, 6.07) is 7.27. The van der Waals surface area contributed by atoms with Gasteiger partial charge in [-0.2, -0.15) is 0 Å². The third kappa shape index (κ3) is 2.47. The fourth-order valence-electron chi connectivity index (χ4n) is 1.60. The lowest BCUT2D eigenvalue weighted by molar-refractivity contribution is 0.0595. The van der Waals surface area contributed by atoms with Crippen molar-refractivity contribution in [3.8, 4) is 11.3 Å². The molecule has 5 nitrogen and oxygen atoms in total. The van der Waals surface area contributed by atoms with Crippen LogP contribution in [0.5, 0.6) is 0 Å². The van der Waals surface area contributed by atoms with Crippen molar-refractivity contribution in [2.45, 2.75) is 0 Å². The molecule has 0 fully saturated rings. The minimum Gasteiger partial charge on any atom is -0.465 e. The minimum absolute atomic E-state index is 0.155. The molecule has 19 heavy (non-hydrogen) atoms. The first kappa shape index (κ1) is 12.8. The average Bonchev–Trinajstić information content (AvgIpc) is 2.41. The molecular formula is C13H12FN3O2. The summed E-state index contributed by atoms with van der Waals surface area (Å²) in [6.45, 7) is 0. The van der Waals surface area contributed by atoms with Crippen LogP contribution in [0.25, 0.3) is 11.3 Å². The Kier molecular flexibility index (Phi) is 3.33. The van der Waals surface area contributed by atoms with Crippen molar-refractivity contribution >= 4 is 17.5 Å². The predicted octanol–water partition coefficient (Wildman–Crippen LogP) is 1.84. The van der Waals surface area contributed by atoms with Crippen molar-refractivity contribution in [3.05, 3.63) is 41.7 Å². The van der Waals surface area contributed by atoms with Gasteiger partial charge in [-0.1, -0.05) is 0 Å². The van der Waals surface area contributed by atoms with Crippen LogP contribution in [0.3, 0.4) is 0 Å². The first-order chi connectivity index (χ1) is 9.02. The third-order valence-corrected chi connectivity index (χ3v) is 2.62. The Morgan fingerprint density at radius 1 is 1.26 bits per heavy atom. The van der Waals surface area contributed by atoms with Gasteiger partial charge in [-0.3, -0.25) is 0 Å². The molecule has 0 aliphatic rings. The molecule has 0 atom stereocenters. The maximum Gasteiger partial charge on any atom is 0.340 e. The number of esters is 1. The Hall–Kier alpha value is -2.63. The van der Waals surface area contributed by atoms with Gasteiger partial charge in [-0.15, -0.1) is 0 Å². The molecule has 0 saturated heterocycles. The molecular weight excluding hydrogens is 249 g/mol. The summed E-state index contributed by atoms with van der Waals surface area (Å²) in [4.78, 5) is 15.5. The quantitative estimate of drug-likeness (QED) is 0.805. The highest BCUT2D eigenvalue weighted by Crippen LogP contribution is 2.23. The number of hydrogen-bond acceptors (Lipinski definition) is 5. The van der Waals surface area contributed by atoms with Gasteiger partial charge in [0.15, 0.2) is 0 Å². The fourth-order valence-corrected chi connectivity index (χ4v) is 1.60. The van der Waals surface area contributed by atoms with Crippen molar-refractivity contribution in [2.24, 2.45) is 0 Å². The highest BCUT2D eigenvalue weighted by atomic mass is 19.1. The minimum atomic E-state index is -0.747. The van der Waals surface area contributed by atoms with Crippen LogP contribution in [-0.2, 0) is 4.74 Å². The monoisotopic (exact) mass is 261 g/mol. The zero-order chi connectivity index (χ0) is 14.0. The van der Waals surface area contributed by atoms with Crippen LogP contribution in [0.1, 0.15) is 10.4 Å². The third-order valence-electron chi connectivity index (χ3n) is 2.62. The Morgan fingerprint density at radius 3 is 2.63 bits per heavy atom. The maximum atomic E-state index is 13.5. The largest absolute Gasteiger partial charge is 0.465 e. The van der Waals surface area contributed by atoms with Crippen LogP contribution < -0.4 is 11.5 Å². The number of carbonyl (C=O) groups excluding carboxylic acids is 1. The smallest absolute Gasteiger partial charge is 0.340 e. The van der Waals surface area contributed by atoms with Crippen molar-refractivity contribution in [1.82, 2.24) is 4.98 Å². The molecule has 4 N–H and O–H groups in total. The summed E-state index contributed by atoms with van der Waals surface area (Å²) < 4.78 is 18.0. The second-order valence-electron chi connectivity index (χ2n) is 3.86. The summed E-state index contributed by atoms with van der Waals surface area (Å²) in [5.41, 5.74) is 12.4. The molecule has 0 unspecified atom stereocenters. The van der Waals surface area contributed by atoms with Crippen LogP contribution in [0.2, 0.25) is 0 Å². The van der Waals surface area contributed by atoms with Gasteiger partial charge in [0.25, 0.3) is 0 Å². The molecule has 0 bridgehead atoms. The molecule has 0 amide bonds. The van der Waals surface area contributed by atoms with E-state index in [1.807, 2.05) is 0 Å². The number of ether oxygens (including phenoxy) is 1. The normalized spacial score (nSPS) is 10.2. The van der Waals surface area contributed by atoms with E-state index in [1.165, 1.54) is 25.3 Å². The molecule has 0 aliphatic carbocycles. The average molecular weight is 261 g/mol. The zero-order valence-electron chi connectivity index (χ0n) is 10.2. The first-order valence-corrected chi connectivity index (χ1v) is 5.43. The molecule has 1 aromatic carbocycles. The van der Waals surface area contributed by atoms with E-state index in [2.05, 4.69) is 9.72 Å². The number of methoxy groups -OCH3 is 1. The van der Waals surface area contributed by atoms with Gasteiger partial charge in [0.2, 0.25) is 0 Å². The number of pyridine rings is 1. The van der Waals surface area contributed by atoms with Crippen molar-refractivity contribution in [3.63, 3.8) is 0 Å². The van der Waals surface area contributed by atoms with Gasteiger partial charge in [0.05, 0.1) is 24.1 Å². The molecule has 2 aromatic rings. The molecule has 98 valence electrons. The van der Waals surface area contributed by atoms with Gasteiger partial charge >= 0.3 is 5.97 Å². The Morgan fingerprint density at radius 2 is 2.00 bits per heavy atom. The van der Waals surface area contributed by atoms with E-state index >= 15 is 0 Å². The second kappa shape index (κ2) is 4.93. The van der Waals surface area contributed by atoms with Gasteiger partial charge < -0.3 is 16.2 Å². The lowest BCUT2D eigenvalue weighted by atomic mass is 10.1. The van der Waals surface area contributed by atoms with Crippen molar-refractivity contribution in [2.75, 3.05) is 18.6 Å². The van der Waals surface area contributed by atoms with E-state index in [4.69, 9.17) is 11.5 Å². The SMILES string of the molecule is COC(=O)c1cc(-c2ccc(N)c(N)n2)ccc1F. The number of anilines is 2. The maximum absolute atomic E-state index is 13.5. The highest BCUT2D eigenvalue weighted by Gasteiger charge is 2.14. The number of benzene rings is 1. The number of nitrogens with two attached hydrogens (primary N) is 2. The van der Waals surface area contributed by atoms with Gasteiger partial charge in [-0.05, 0) is 30.3 Å². The van der Waals surface area contributed by atoms with Crippen LogP contribution in [-0.4, -0.2) is 18.1 Å². The Balaban J connectivity index is 2.51. The summed E-state index contributed by atoms with van der Waals surface area (Å²) >= 11 is 0. The molecule has 1 heterocycles. The highest BCUT2D eigenvalue weighted by molar-refractivity contribution is 5.91. The molecule has 0 aliphatic heterocycles. The summed E-state index contributed by atoms with van der Waals surface area (Å²) in [7, 11) is 1.19. The fraction of sp³-hybridized carbons (Fsp3) is 0.0769. The molecule has 1 aromatic heterocycles. The lowest BCUT2D eigenvalue weighted by Crippen LogP contribution is -2.05. The van der Waals surface area contributed by atoms with E-state index in [9.17, 15) is 9.18 Å². The summed E-state index contributed by atoms with van der Waals surface area (Å²) in [5.74, 6) is -1.22. The van der Waals surface area contributed by atoms with E-state index in [0.29, 0.717) is 16.9 Å². The first-order valence-electron chi connectivity index (χ1n) is 5.43. The Bertz CT molecular complexity index is 644. The van der Waals surface area contributed by atoms with Gasteiger partial charge in [-0.25, -0.2) is 14.2 Å². The number of aromatic nitrogens is 1. The molecule has 6 heteroatoms. The van der Waals surface area contributed by atoms with Crippen molar-refractivity contribution < 1.29 is 13.9 Å². The summed E-state index contributed by atoms with van der Waals surface area (Å²) in [5, 5.41) is 0. The van der Waals surface area contributed by atoms with Crippen molar-refractivity contribution in [1.29, 1.82) is 0 Å². The van der Waals surface area contributed by atoms with Crippen LogP contribution >= 0.6 is 0 Å². The second-order valence-corrected chi connectivity index (χ2v) is 3.86. The number of nitrogen functional groups attached to an aromatic ring is 2. The molecule has 0 spiro atoms. The van der Waals surface area contributed by atoms with Crippen LogP contribution in [0.4, 0.5) is 15.9 Å². The predicted molar refractivity (Wildman–Crippen MR) is 69.8 cm³/mol. The molecule has 0 radical (unpaired) electrons. The van der Waals surface area contributed by atoms with E-state index in [0.717, 1.165) is 0 Å². The number of halogens is 1.